The van der Waals surface area contributed by atoms with E-state index in [1.165, 1.54) is 24.3 Å². The average molecular weight is 339 g/mol. The Hall–Kier alpha value is -3.06. The third-order valence-electron chi connectivity index (χ3n) is 4.10. The summed E-state index contributed by atoms with van der Waals surface area (Å²) in [7, 11) is 0. The summed E-state index contributed by atoms with van der Waals surface area (Å²) < 4.78 is 0. The van der Waals surface area contributed by atoms with Crippen LogP contribution in [0, 0.1) is 10.1 Å². The van der Waals surface area contributed by atoms with Crippen LogP contribution in [0.5, 0.6) is 0 Å². The first-order valence-corrected chi connectivity index (χ1v) is 7.78. The van der Waals surface area contributed by atoms with E-state index in [9.17, 15) is 20.0 Å². The van der Waals surface area contributed by atoms with Crippen LogP contribution < -0.4 is 0 Å². The molecule has 1 unspecified atom stereocenters. The van der Waals surface area contributed by atoms with Crippen molar-refractivity contribution in [3.05, 3.63) is 75.8 Å². The molecular weight excluding hydrogens is 322 g/mol. The Morgan fingerprint density at radius 1 is 1.24 bits per heavy atom. The number of non-ortho nitro benzene ring substituents is 1. The molecule has 1 heterocycles. The Morgan fingerprint density at radius 2 is 1.88 bits per heavy atom. The van der Waals surface area contributed by atoms with Crippen molar-refractivity contribution in [1.29, 1.82) is 0 Å². The minimum Gasteiger partial charge on any atom is -0.365 e. The second-order valence-electron chi connectivity index (χ2n) is 6.00. The van der Waals surface area contributed by atoms with Crippen molar-refractivity contribution < 1.29 is 14.8 Å². The van der Waals surface area contributed by atoms with Crippen LogP contribution in [0.2, 0.25) is 0 Å². The third-order valence-corrected chi connectivity index (χ3v) is 4.10. The highest BCUT2D eigenvalue weighted by Crippen LogP contribution is 2.36. The standard InChI is InChI=1S/C18H17N3O4/c1-13-12-18(23,15-7-9-16(10-8-15)21(24)25)20(19-13)17(22)11-14-5-3-2-4-6-14/h2-10,23H,11-12H2,1H3. The fourth-order valence-corrected chi connectivity index (χ4v) is 2.90. The summed E-state index contributed by atoms with van der Waals surface area (Å²) in [6.45, 7) is 1.73. The highest BCUT2D eigenvalue weighted by molar-refractivity contribution is 5.89. The Bertz CT molecular complexity index is 833. The molecule has 0 saturated carbocycles. The molecule has 1 N–H and O–H groups in total. The third kappa shape index (κ3) is 3.27. The van der Waals surface area contributed by atoms with E-state index >= 15 is 0 Å². The largest absolute Gasteiger partial charge is 0.365 e. The fourth-order valence-electron chi connectivity index (χ4n) is 2.90. The molecule has 7 nitrogen and oxygen atoms in total. The molecule has 1 aliphatic rings. The molecule has 0 aromatic heterocycles. The number of hydrogen-bond donors (Lipinski definition) is 1. The maximum Gasteiger partial charge on any atom is 0.269 e. The van der Waals surface area contributed by atoms with Gasteiger partial charge in [0.15, 0.2) is 5.72 Å². The summed E-state index contributed by atoms with van der Waals surface area (Å²) >= 11 is 0. The molecule has 128 valence electrons. The van der Waals surface area contributed by atoms with Gasteiger partial charge in [0.2, 0.25) is 5.91 Å². The van der Waals surface area contributed by atoms with E-state index in [-0.39, 0.29) is 24.4 Å². The Balaban J connectivity index is 1.88. The van der Waals surface area contributed by atoms with E-state index in [2.05, 4.69) is 5.10 Å². The molecule has 1 atom stereocenters. The highest BCUT2D eigenvalue weighted by Gasteiger charge is 2.44. The van der Waals surface area contributed by atoms with Gasteiger partial charge >= 0.3 is 0 Å². The average Bonchev–Trinajstić information content (AvgIpc) is 2.92. The lowest BCUT2D eigenvalue weighted by molar-refractivity contribution is -0.384. The maximum atomic E-state index is 12.7. The van der Waals surface area contributed by atoms with Crippen molar-refractivity contribution in [3.63, 3.8) is 0 Å². The first-order valence-electron chi connectivity index (χ1n) is 7.78. The number of hydrazone groups is 1. The molecular formula is C18H17N3O4. The topological polar surface area (TPSA) is 96.0 Å². The zero-order chi connectivity index (χ0) is 18.0. The fraction of sp³-hybridized carbons (Fsp3) is 0.222. The van der Waals surface area contributed by atoms with E-state index in [0.717, 1.165) is 10.6 Å². The first-order chi connectivity index (χ1) is 11.9. The number of benzene rings is 2. The second kappa shape index (κ2) is 6.45. The summed E-state index contributed by atoms with van der Waals surface area (Å²) in [6.07, 6.45) is 0.262. The van der Waals surface area contributed by atoms with Gasteiger partial charge < -0.3 is 5.11 Å². The smallest absolute Gasteiger partial charge is 0.269 e. The van der Waals surface area contributed by atoms with Gasteiger partial charge in [0.05, 0.1) is 11.3 Å². The lowest BCUT2D eigenvalue weighted by Crippen LogP contribution is -2.44. The first kappa shape index (κ1) is 16.8. The van der Waals surface area contributed by atoms with Gasteiger partial charge in [-0.05, 0) is 24.6 Å². The molecule has 0 saturated heterocycles. The molecule has 0 bridgehead atoms. The molecule has 2 aromatic rings. The van der Waals surface area contributed by atoms with Crippen LogP contribution in [-0.2, 0) is 16.9 Å². The Morgan fingerprint density at radius 3 is 2.48 bits per heavy atom. The molecule has 1 aliphatic heterocycles. The quantitative estimate of drug-likeness (QED) is 0.684. The zero-order valence-electron chi connectivity index (χ0n) is 13.6. The number of carbonyl (C=O) groups is 1. The van der Waals surface area contributed by atoms with Crippen LogP contribution in [0.1, 0.15) is 24.5 Å². The summed E-state index contributed by atoms with van der Waals surface area (Å²) in [5, 5.41) is 27.2. The minimum atomic E-state index is -1.63. The highest BCUT2D eigenvalue weighted by atomic mass is 16.6. The predicted molar refractivity (Wildman–Crippen MR) is 91.7 cm³/mol. The Labute approximate surface area is 144 Å². The Kier molecular flexibility index (Phi) is 4.33. The lowest BCUT2D eigenvalue weighted by Gasteiger charge is -2.31. The van der Waals surface area contributed by atoms with Crippen LogP contribution in [0.3, 0.4) is 0 Å². The van der Waals surface area contributed by atoms with Crippen molar-refractivity contribution in [2.75, 3.05) is 0 Å². The van der Waals surface area contributed by atoms with Gasteiger partial charge in [-0.3, -0.25) is 14.9 Å². The molecule has 7 heteroatoms. The van der Waals surface area contributed by atoms with E-state index in [1.54, 1.807) is 6.92 Å². The zero-order valence-corrected chi connectivity index (χ0v) is 13.6. The monoisotopic (exact) mass is 339 g/mol. The normalized spacial score (nSPS) is 19.6. The van der Waals surface area contributed by atoms with E-state index < -0.39 is 10.6 Å². The van der Waals surface area contributed by atoms with Gasteiger partial charge in [-0.2, -0.15) is 10.1 Å². The second-order valence-corrected chi connectivity index (χ2v) is 6.00. The van der Waals surface area contributed by atoms with Gasteiger partial charge in [0.25, 0.3) is 5.69 Å². The maximum absolute atomic E-state index is 12.7. The van der Waals surface area contributed by atoms with Crippen LogP contribution in [0.25, 0.3) is 0 Å². The number of carbonyl (C=O) groups excluding carboxylic acids is 1. The molecule has 0 radical (unpaired) electrons. The molecule has 3 rings (SSSR count). The van der Waals surface area contributed by atoms with Crippen molar-refractivity contribution in [2.24, 2.45) is 5.10 Å². The molecule has 0 fully saturated rings. The number of rotatable bonds is 4. The molecule has 25 heavy (non-hydrogen) atoms. The molecule has 0 spiro atoms. The van der Waals surface area contributed by atoms with E-state index in [4.69, 9.17) is 0 Å². The van der Waals surface area contributed by atoms with Crippen LogP contribution >= 0.6 is 0 Å². The number of nitro groups is 1. The van der Waals surface area contributed by atoms with E-state index in [0.29, 0.717) is 11.3 Å². The summed E-state index contributed by atoms with van der Waals surface area (Å²) in [6, 6.07) is 14.7. The summed E-state index contributed by atoms with van der Waals surface area (Å²) in [5.74, 6) is -0.344. The van der Waals surface area contributed by atoms with Crippen LogP contribution in [-0.4, -0.2) is 26.7 Å². The van der Waals surface area contributed by atoms with E-state index in [1.807, 2.05) is 30.3 Å². The van der Waals surface area contributed by atoms with Gasteiger partial charge in [-0.1, -0.05) is 30.3 Å². The lowest BCUT2D eigenvalue weighted by atomic mass is 9.97. The molecule has 1 amide bonds. The molecule has 0 aliphatic carbocycles. The molecule has 2 aromatic carbocycles. The number of aliphatic hydroxyl groups is 1. The minimum absolute atomic E-state index is 0.0786. The van der Waals surface area contributed by atoms with Gasteiger partial charge in [-0.15, -0.1) is 0 Å². The van der Waals surface area contributed by atoms with Gasteiger partial charge in [0.1, 0.15) is 0 Å². The van der Waals surface area contributed by atoms with Crippen LogP contribution in [0.4, 0.5) is 5.69 Å². The SMILES string of the molecule is CC1=NN(C(=O)Cc2ccccc2)C(O)(c2ccc([N+](=O)[O-])cc2)C1. The van der Waals surface area contributed by atoms with Crippen molar-refractivity contribution in [2.45, 2.75) is 25.5 Å². The van der Waals surface area contributed by atoms with Gasteiger partial charge in [-0.25, -0.2) is 0 Å². The number of amides is 1. The van der Waals surface area contributed by atoms with Crippen molar-refractivity contribution >= 4 is 17.3 Å². The van der Waals surface area contributed by atoms with Crippen molar-refractivity contribution in [3.8, 4) is 0 Å². The number of hydrogen-bond acceptors (Lipinski definition) is 5. The number of nitrogens with zero attached hydrogens (tertiary/aromatic N) is 3. The van der Waals surface area contributed by atoms with Crippen molar-refractivity contribution in [1.82, 2.24) is 5.01 Å². The predicted octanol–water partition coefficient (Wildman–Crippen LogP) is 2.59. The van der Waals surface area contributed by atoms with Gasteiger partial charge in [0, 0.05) is 29.8 Å². The summed E-state index contributed by atoms with van der Waals surface area (Å²) in [4.78, 5) is 23.0. The number of nitro benzene ring substituents is 1. The summed E-state index contributed by atoms with van der Waals surface area (Å²) in [5.41, 5.74) is 0.108. The van der Waals surface area contributed by atoms with Crippen LogP contribution in [0.15, 0.2) is 59.7 Å².